The summed E-state index contributed by atoms with van der Waals surface area (Å²) >= 11 is 0. The van der Waals surface area contributed by atoms with Crippen molar-refractivity contribution >= 4 is 27.3 Å². The lowest BCUT2D eigenvalue weighted by atomic mass is 10.2. The molecular weight excluding hydrogens is 322 g/mol. The molecule has 120 valence electrons. The Morgan fingerprint density at radius 2 is 1.83 bits per heavy atom. The second kappa shape index (κ2) is 6.55. The molecule has 0 aliphatic rings. The van der Waals surface area contributed by atoms with Gasteiger partial charge in [0.15, 0.2) is 0 Å². The number of rotatable bonds is 5. The zero-order valence-corrected chi connectivity index (χ0v) is 12.8. The predicted octanol–water partition coefficient (Wildman–Crippen LogP) is 1.76. The van der Waals surface area contributed by atoms with Crippen LogP contribution in [0.5, 0.6) is 0 Å². The van der Waals surface area contributed by atoms with Gasteiger partial charge in [-0.1, -0.05) is 12.1 Å². The lowest BCUT2D eigenvalue weighted by Crippen LogP contribution is -2.19. The number of anilines is 1. The molecule has 0 atom stereocenters. The van der Waals surface area contributed by atoms with Crippen LogP contribution >= 0.6 is 0 Å². The van der Waals surface area contributed by atoms with E-state index in [1.807, 2.05) is 0 Å². The van der Waals surface area contributed by atoms with Gasteiger partial charge >= 0.3 is 0 Å². The van der Waals surface area contributed by atoms with Gasteiger partial charge in [-0.05, 0) is 31.3 Å². The molecule has 0 aliphatic heterocycles. The van der Waals surface area contributed by atoms with Gasteiger partial charge in [0.2, 0.25) is 10.0 Å². The summed E-state index contributed by atoms with van der Waals surface area (Å²) in [4.78, 5) is 22.2. The van der Waals surface area contributed by atoms with Crippen molar-refractivity contribution in [2.45, 2.75) is 4.90 Å². The van der Waals surface area contributed by atoms with Gasteiger partial charge in [0.25, 0.3) is 11.6 Å². The van der Waals surface area contributed by atoms with Crippen LogP contribution in [0.15, 0.2) is 53.4 Å². The topological polar surface area (TPSA) is 118 Å². The van der Waals surface area contributed by atoms with E-state index in [0.29, 0.717) is 0 Å². The average molecular weight is 335 g/mol. The molecule has 8 nitrogen and oxygen atoms in total. The number of hydrogen-bond acceptors (Lipinski definition) is 5. The Kier molecular flexibility index (Phi) is 4.72. The molecule has 2 aromatic carbocycles. The Morgan fingerprint density at radius 1 is 1.13 bits per heavy atom. The van der Waals surface area contributed by atoms with Crippen LogP contribution in [0, 0.1) is 10.1 Å². The number of amides is 1. The third-order valence-corrected chi connectivity index (χ3v) is 4.40. The molecule has 0 spiro atoms. The van der Waals surface area contributed by atoms with E-state index in [0.717, 1.165) is 6.07 Å². The minimum Gasteiger partial charge on any atom is -0.322 e. The van der Waals surface area contributed by atoms with Gasteiger partial charge in [-0.15, -0.1) is 0 Å². The molecule has 0 heterocycles. The Hall–Kier alpha value is -2.78. The lowest BCUT2D eigenvalue weighted by molar-refractivity contribution is -0.384. The van der Waals surface area contributed by atoms with Crippen LogP contribution in [-0.2, 0) is 10.0 Å². The van der Waals surface area contributed by atoms with Crippen molar-refractivity contribution in [1.82, 2.24) is 4.72 Å². The van der Waals surface area contributed by atoms with Crippen molar-refractivity contribution in [2.24, 2.45) is 0 Å². The molecule has 23 heavy (non-hydrogen) atoms. The van der Waals surface area contributed by atoms with E-state index in [2.05, 4.69) is 10.0 Å². The van der Waals surface area contributed by atoms with E-state index in [1.54, 1.807) is 0 Å². The minimum atomic E-state index is -3.63. The maximum Gasteiger partial charge on any atom is 0.270 e. The van der Waals surface area contributed by atoms with Crippen molar-refractivity contribution in [3.8, 4) is 0 Å². The van der Waals surface area contributed by atoms with E-state index < -0.39 is 20.9 Å². The number of non-ortho nitro benzene ring substituents is 1. The number of benzene rings is 2. The summed E-state index contributed by atoms with van der Waals surface area (Å²) in [5.74, 6) is -0.576. The van der Waals surface area contributed by atoms with Crippen molar-refractivity contribution in [1.29, 1.82) is 0 Å². The Morgan fingerprint density at radius 3 is 2.48 bits per heavy atom. The summed E-state index contributed by atoms with van der Waals surface area (Å²) in [6.45, 7) is 0. The number of sulfonamides is 1. The van der Waals surface area contributed by atoms with E-state index in [4.69, 9.17) is 0 Å². The quantitative estimate of drug-likeness (QED) is 0.637. The highest BCUT2D eigenvalue weighted by molar-refractivity contribution is 7.89. The predicted molar refractivity (Wildman–Crippen MR) is 83.7 cm³/mol. The van der Waals surface area contributed by atoms with E-state index in [-0.39, 0.29) is 21.8 Å². The Bertz CT molecular complexity index is 864. The highest BCUT2D eigenvalue weighted by atomic mass is 32.2. The third kappa shape index (κ3) is 3.90. The van der Waals surface area contributed by atoms with Crippen LogP contribution < -0.4 is 10.0 Å². The molecule has 9 heteroatoms. The van der Waals surface area contributed by atoms with Crippen molar-refractivity contribution in [3.05, 3.63) is 64.2 Å². The van der Waals surface area contributed by atoms with Crippen molar-refractivity contribution < 1.29 is 18.1 Å². The molecule has 0 unspecified atom stereocenters. The van der Waals surface area contributed by atoms with Gasteiger partial charge in [-0.25, -0.2) is 13.1 Å². The number of nitro benzene ring substituents is 1. The first-order valence-corrected chi connectivity index (χ1v) is 7.91. The zero-order valence-electron chi connectivity index (χ0n) is 12.0. The Balaban J connectivity index is 2.26. The SMILES string of the molecule is CNS(=O)(=O)c1cccc(NC(=O)c2cccc([N+](=O)[O-])c2)c1. The fourth-order valence-electron chi connectivity index (χ4n) is 1.82. The largest absolute Gasteiger partial charge is 0.322 e. The molecule has 0 aliphatic carbocycles. The second-order valence-electron chi connectivity index (χ2n) is 4.50. The first-order chi connectivity index (χ1) is 10.8. The summed E-state index contributed by atoms with van der Waals surface area (Å²) < 4.78 is 25.6. The van der Waals surface area contributed by atoms with Crippen LogP contribution in [0.4, 0.5) is 11.4 Å². The zero-order chi connectivity index (χ0) is 17.0. The lowest BCUT2D eigenvalue weighted by Gasteiger charge is -2.08. The molecule has 1 amide bonds. The number of nitro groups is 1. The van der Waals surface area contributed by atoms with Crippen LogP contribution in [0.3, 0.4) is 0 Å². The molecule has 0 bridgehead atoms. The second-order valence-corrected chi connectivity index (χ2v) is 6.38. The first-order valence-electron chi connectivity index (χ1n) is 6.43. The minimum absolute atomic E-state index is 0.00292. The first kappa shape index (κ1) is 16.6. The van der Waals surface area contributed by atoms with E-state index in [9.17, 15) is 23.3 Å². The number of hydrogen-bond donors (Lipinski definition) is 2. The van der Waals surface area contributed by atoms with E-state index in [1.165, 1.54) is 49.5 Å². The van der Waals surface area contributed by atoms with Crippen molar-refractivity contribution in [2.75, 3.05) is 12.4 Å². The standard InChI is InChI=1S/C14H13N3O5S/c1-15-23(21,22)13-7-3-5-11(9-13)16-14(18)10-4-2-6-12(8-10)17(19)20/h2-9,15H,1H3,(H,16,18). The van der Waals surface area contributed by atoms with Crippen LogP contribution in [0.1, 0.15) is 10.4 Å². The molecule has 2 aromatic rings. The molecule has 0 saturated heterocycles. The molecule has 2 N–H and O–H groups in total. The fourth-order valence-corrected chi connectivity index (χ4v) is 2.60. The van der Waals surface area contributed by atoms with Gasteiger partial charge in [-0.2, -0.15) is 0 Å². The van der Waals surface area contributed by atoms with Crippen LogP contribution in [-0.4, -0.2) is 26.3 Å². The number of nitrogens with one attached hydrogen (secondary N) is 2. The summed E-state index contributed by atoms with van der Waals surface area (Å²) in [6.07, 6.45) is 0. The van der Waals surface area contributed by atoms with Gasteiger partial charge in [0.05, 0.1) is 9.82 Å². The van der Waals surface area contributed by atoms with Gasteiger partial charge < -0.3 is 5.32 Å². The van der Waals surface area contributed by atoms with Crippen LogP contribution in [0.25, 0.3) is 0 Å². The smallest absolute Gasteiger partial charge is 0.270 e. The summed E-state index contributed by atoms with van der Waals surface area (Å²) in [7, 11) is -2.35. The molecule has 0 aromatic heterocycles. The number of carbonyl (C=O) groups excluding carboxylic acids is 1. The number of nitrogens with zero attached hydrogens (tertiary/aromatic N) is 1. The maximum absolute atomic E-state index is 12.1. The summed E-state index contributed by atoms with van der Waals surface area (Å²) in [6, 6.07) is 10.9. The number of carbonyl (C=O) groups is 1. The summed E-state index contributed by atoms with van der Waals surface area (Å²) in [5, 5.41) is 13.2. The van der Waals surface area contributed by atoms with Gasteiger partial charge in [0, 0.05) is 23.4 Å². The molecular formula is C14H13N3O5S. The highest BCUT2D eigenvalue weighted by Gasteiger charge is 2.14. The molecule has 2 rings (SSSR count). The average Bonchev–Trinajstić information content (AvgIpc) is 2.55. The monoisotopic (exact) mass is 335 g/mol. The maximum atomic E-state index is 12.1. The molecule has 0 fully saturated rings. The van der Waals surface area contributed by atoms with Gasteiger partial charge in [0.1, 0.15) is 0 Å². The molecule has 0 saturated carbocycles. The van der Waals surface area contributed by atoms with Crippen molar-refractivity contribution in [3.63, 3.8) is 0 Å². The normalized spacial score (nSPS) is 11.0. The fraction of sp³-hybridized carbons (Fsp3) is 0.0714. The van der Waals surface area contributed by atoms with Crippen LogP contribution in [0.2, 0.25) is 0 Å². The molecule has 0 radical (unpaired) electrons. The van der Waals surface area contributed by atoms with E-state index >= 15 is 0 Å². The highest BCUT2D eigenvalue weighted by Crippen LogP contribution is 2.18. The van der Waals surface area contributed by atoms with Gasteiger partial charge in [-0.3, -0.25) is 14.9 Å². The summed E-state index contributed by atoms with van der Waals surface area (Å²) in [5.41, 5.74) is 0.156. The Labute approximate surface area is 132 Å². The third-order valence-electron chi connectivity index (χ3n) is 2.99.